The van der Waals surface area contributed by atoms with Crippen molar-refractivity contribution >= 4 is 5.97 Å². The van der Waals surface area contributed by atoms with Gasteiger partial charge in [0.2, 0.25) is 12.5 Å². The third-order valence-corrected chi connectivity index (χ3v) is 8.24. The monoisotopic (exact) mass is 500 g/mol. The molecule has 2 aliphatic heterocycles. The third-order valence-electron chi connectivity index (χ3n) is 8.24. The molecule has 1 saturated heterocycles. The minimum Gasteiger partial charge on any atom is -0.493 e. The molecule has 5 atom stereocenters. The van der Waals surface area contributed by atoms with Crippen LogP contribution in [0.5, 0.6) is 28.7 Å². The Hall–Kier alpha value is -3.17. The molecule has 1 aliphatic carbocycles. The second-order valence-corrected chi connectivity index (χ2v) is 10.1. The van der Waals surface area contributed by atoms with E-state index in [-0.39, 0.29) is 19.3 Å². The molecule has 2 heterocycles. The first-order valence-electron chi connectivity index (χ1n) is 11.9. The van der Waals surface area contributed by atoms with Gasteiger partial charge in [-0.15, -0.1) is 0 Å². The summed E-state index contributed by atoms with van der Waals surface area (Å²) in [4.78, 5) is 13.3. The Morgan fingerprint density at radius 3 is 2.17 bits per heavy atom. The molecule has 0 spiro atoms. The Labute approximate surface area is 209 Å². The largest absolute Gasteiger partial charge is 0.493 e. The second-order valence-electron chi connectivity index (χ2n) is 10.1. The van der Waals surface area contributed by atoms with Crippen LogP contribution in [0.1, 0.15) is 43.4 Å². The lowest BCUT2D eigenvalue weighted by Crippen LogP contribution is -2.61. The number of carbonyl (C=O) groups is 1. The molecule has 2 N–H and O–H groups in total. The van der Waals surface area contributed by atoms with Crippen LogP contribution < -0.4 is 23.7 Å². The Morgan fingerprint density at radius 2 is 1.61 bits per heavy atom. The number of methoxy groups -OCH3 is 3. The molecular formula is C27H32O9. The predicted molar refractivity (Wildman–Crippen MR) is 128 cm³/mol. The van der Waals surface area contributed by atoms with E-state index in [2.05, 4.69) is 0 Å². The highest BCUT2D eigenvalue weighted by Crippen LogP contribution is 2.61. The van der Waals surface area contributed by atoms with Crippen molar-refractivity contribution in [1.82, 2.24) is 0 Å². The van der Waals surface area contributed by atoms with E-state index in [0.717, 1.165) is 0 Å². The molecule has 3 aliphatic rings. The van der Waals surface area contributed by atoms with Crippen LogP contribution in [-0.4, -0.2) is 56.5 Å². The number of hydrogen-bond donors (Lipinski definition) is 2. The van der Waals surface area contributed by atoms with Crippen molar-refractivity contribution in [3.8, 4) is 28.7 Å². The number of cyclic esters (lactones) is 1. The number of esters is 1. The van der Waals surface area contributed by atoms with E-state index in [1.165, 1.54) is 21.3 Å². The molecule has 2 aromatic carbocycles. The fourth-order valence-corrected chi connectivity index (χ4v) is 5.98. The van der Waals surface area contributed by atoms with Crippen LogP contribution >= 0.6 is 0 Å². The highest BCUT2D eigenvalue weighted by molar-refractivity contribution is 5.79. The molecule has 0 radical (unpaired) electrons. The molecule has 9 nitrogen and oxygen atoms in total. The Bertz CT molecular complexity index is 1180. The lowest BCUT2D eigenvalue weighted by Gasteiger charge is -2.53. The van der Waals surface area contributed by atoms with Crippen molar-refractivity contribution in [3.63, 3.8) is 0 Å². The number of fused-ring (bicyclic) bond motifs is 3. The highest BCUT2D eigenvalue weighted by Gasteiger charge is 2.65. The van der Waals surface area contributed by atoms with Crippen LogP contribution in [0, 0.1) is 17.8 Å². The molecule has 1 fully saturated rings. The molecule has 0 saturated carbocycles. The molecular weight excluding hydrogens is 468 g/mol. The number of aliphatic hydroxyl groups is 2. The van der Waals surface area contributed by atoms with E-state index in [9.17, 15) is 15.0 Å². The summed E-state index contributed by atoms with van der Waals surface area (Å²) in [6.07, 6.45) is 0. The first kappa shape index (κ1) is 24.5. The number of rotatable bonds is 6. The first-order chi connectivity index (χ1) is 17.1. The average molecular weight is 501 g/mol. The van der Waals surface area contributed by atoms with Crippen molar-refractivity contribution in [2.45, 2.75) is 37.9 Å². The zero-order valence-corrected chi connectivity index (χ0v) is 21.3. The lowest BCUT2D eigenvalue weighted by atomic mass is 9.54. The van der Waals surface area contributed by atoms with E-state index in [0.29, 0.717) is 45.4 Å². The second kappa shape index (κ2) is 8.45. The molecule has 0 aromatic heterocycles. The summed E-state index contributed by atoms with van der Waals surface area (Å²) in [5, 5.41) is 24.2. The van der Waals surface area contributed by atoms with Crippen molar-refractivity contribution in [1.29, 1.82) is 0 Å². The smallest absolute Gasteiger partial charge is 0.310 e. The summed E-state index contributed by atoms with van der Waals surface area (Å²) < 4.78 is 33.5. The van der Waals surface area contributed by atoms with Gasteiger partial charge in [-0.25, -0.2) is 0 Å². The van der Waals surface area contributed by atoms with E-state index in [1.807, 2.05) is 13.8 Å². The summed E-state index contributed by atoms with van der Waals surface area (Å²) in [5.41, 5.74) is -1.57. The van der Waals surface area contributed by atoms with Crippen LogP contribution in [0.15, 0.2) is 24.3 Å². The van der Waals surface area contributed by atoms with Crippen molar-refractivity contribution in [3.05, 3.63) is 41.0 Å². The van der Waals surface area contributed by atoms with Gasteiger partial charge < -0.3 is 38.6 Å². The lowest BCUT2D eigenvalue weighted by molar-refractivity contribution is -0.211. The summed E-state index contributed by atoms with van der Waals surface area (Å²) in [6, 6.07) is 7.11. The van der Waals surface area contributed by atoms with Gasteiger partial charge in [0.25, 0.3) is 0 Å². The highest BCUT2D eigenvalue weighted by atomic mass is 16.7. The topological polar surface area (TPSA) is 113 Å². The standard InChI is InChI=1S/C27H32O9/c1-13(2)26(3,29)27(30)16-10-19-18(35-12-36-19)9-15(16)22(23-17(27)11-34-25(23)28)14-7-20(31-4)24(33-6)21(8-14)32-5/h7-10,13,17,22-23,29-30H,11-12H2,1-6H3/t17-,22+,23-,26+,27+/m0/s1. The molecule has 9 heteroatoms. The summed E-state index contributed by atoms with van der Waals surface area (Å²) in [6.45, 7) is 5.29. The van der Waals surface area contributed by atoms with Crippen LogP contribution in [0.3, 0.4) is 0 Å². The van der Waals surface area contributed by atoms with Crippen LogP contribution in [0.2, 0.25) is 0 Å². The van der Waals surface area contributed by atoms with Gasteiger partial charge >= 0.3 is 5.97 Å². The van der Waals surface area contributed by atoms with Crippen molar-refractivity contribution in [2.75, 3.05) is 34.7 Å². The van der Waals surface area contributed by atoms with Gasteiger partial charge in [-0.3, -0.25) is 4.79 Å². The molecule has 36 heavy (non-hydrogen) atoms. The van der Waals surface area contributed by atoms with E-state index in [1.54, 1.807) is 31.2 Å². The van der Waals surface area contributed by atoms with Gasteiger partial charge in [0.15, 0.2) is 23.0 Å². The van der Waals surface area contributed by atoms with Gasteiger partial charge in [0.05, 0.1) is 39.5 Å². The fraction of sp³-hybridized carbons (Fsp3) is 0.519. The maximum Gasteiger partial charge on any atom is 0.310 e. The number of benzene rings is 2. The maximum atomic E-state index is 13.3. The van der Waals surface area contributed by atoms with E-state index in [4.69, 9.17) is 28.4 Å². The summed E-state index contributed by atoms with van der Waals surface area (Å²) in [7, 11) is 4.58. The number of carbonyl (C=O) groups excluding carboxylic acids is 1. The maximum absolute atomic E-state index is 13.3. The number of hydrogen-bond acceptors (Lipinski definition) is 9. The van der Waals surface area contributed by atoms with Gasteiger partial charge in [-0.1, -0.05) is 13.8 Å². The molecule has 0 unspecified atom stereocenters. The predicted octanol–water partition coefficient (Wildman–Crippen LogP) is 2.97. The molecule has 194 valence electrons. The molecule has 0 bridgehead atoms. The van der Waals surface area contributed by atoms with Crippen LogP contribution in [0.25, 0.3) is 0 Å². The number of ether oxygens (including phenoxy) is 6. The third kappa shape index (κ3) is 3.18. The molecule has 5 rings (SSSR count). The zero-order valence-electron chi connectivity index (χ0n) is 21.3. The zero-order chi connectivity index (χ0) is 26.0. The quantitative estimate of drug-likeness (QED) is 0.578. The van der Waals surface area contributed by atoms with Gasteiger partial charge in [0.1, 0.15) is 5.60 Å². The van der Waals surface area contributed by atoms with Gasteiger partial charge in [0, 0.05) is 11.8 Å². The summed E-state index contributed by atoms with van der Waals surface area (Å²) in [5.74, 6) is -0.562. The van der Waals surface area contributed by atoms with E-state index < -0.39 is 34.9 Å². The minimum absolute atomic E-state index is 0.0301. The average Bonchev–Trinajstić information content (AvgIpc) is 3.48. The minimum atomic E-state index is -1.80. The van der Waals surface area contributed by atoms with Gasteiger partial charge in [-0.2, -0.15) is 0 Å². The van der Waals surface area contributed by atoms with E-state index >= 15 is 0 Å². The van der Waals surface area contributed by atoms with Crippen LogP contribution in [0.4, 0.5) is 0 Å². The van der Waals surface area contributed by atoms with Gasteiger partial charge in [-0.05, 0) is 53.8 Å². The van der Waals surface area contributed by atoms with Crippen molar-refractivity contribution in [2.24, 2.45) is 17.8 Å². The first-order valence-corrected chi connectivity index (χ1v) is 11.9. The Kier molecular flexibility index (Phi) is 5.76. The molecule has 2 aromatic rings. The normalized spacial score (nSPS) is 27.7. The molecule has 0 amide bonds. The Balaban J connectivity index is 1.83. The van der Waals surface area contributed by atoms with Crippen molar-refractivity contribution < 1.29 is 43.4 Å². The SMILES string of the molecule is COc1cc([C@@H]2c3cc4c(cc3[C@](O)([C@](C)(O)C(C)C)[C@H]3COC(=O)[C@H]23)OCO4)cc(OC)c1OC. The van der Waals surface area contributed by atoms with Crippen LogP contribution in [-0.2, 0) is 15.1 Å². The summed E-state index contributed by atoms with van der Waals surface area (Å²) >= 11 is 0. The Morgan fingerprint density at radius 1 is 1.00 bits per heavy atom. The fourth-order valence-electron chi connectivity index (χ4n) is 5.98.